The van der Waals surface area contributed by atoms with E-state index >= 15 is 0 Å². The number of benzene rings is 3. The Bertz CT molecular complexity index is 931. The molecule has 3 aromatic carbocycles. The van der Waals surface area contributed by atoms with E-state index in [1.807, 2.05) is 72.8 Å². The molecule has 33 heavy (non-hydrogen) atoms. The topological polar surface area (TPSA) is 90.2 Å². The van der Waals surface area contributed by atoms with Crippen LogP contribution in [0.4, 0.5) is 0 Å². The Morgan fingerprint density at radius 1 is 0.818 bits per heavy atom. The van der Waals surface area contributed by atoms with Crippen molar-refractivity contribution in [3.8, 4) is 5.75 Å². The summed E-state index contributed by atoms with van der Waals surface area (Å²) >= 11 is 0. The smallest absolute Gasteiger partial charge is 0.341 e. The van der Waals surface area contributed by atoms with Crippen LogP contribution in [0, 0.1) is 0 Å². The molecule has 0 fully saturated rings. The van der Waals surface area contributed by atoms with Crippen molar-refractivity contribution in [1.29, 1.82) is 0 Å². The number of aliphatic hydroxyl groups excluding tert-OH is 2. The Morgan fingerprint density at radius 2 is 1.30 bits per heavy atom. The Balaban J connectivity index is 1.70. The molecule has 0 bridgehead atoms. The van der Waals surface area contributed by atoms with E-state index in [9.17, 15) is 15.0 Å². The Kier molecular flexibility index (Phi) is 9.01. The summed E-state index contributed by atoms with van der Waals surface area (Å²) in [7, 11) is 0. The number of ether oxygens (including phenoxy) is 1. The Morgan fingerprint density at radius 3 is 1.76 bits per heavy atom. The largest absolute Gasteiger partial charge is 0.482 e. The highest BCUT2D eigenvalue weighted by Crippen LogP contribution is 2.22. The van der Waals surface area contributed by atoms with Gasteiger partial charge in [-0.2, -0.15) is 0 Å². The molecule has 0 aliphatic carbocycles. The van der Waals surface area contributed by atoms with Crippen LogP contribution in [-0.4, -0.2) is 51.9 Å². The summed E-state index contributed by atoms with van der Waals surface area (Å²) in [6.07, 6.45) is -0.658. The first-order valence-electron chi connectivity index (χ1n) is 11.1. The van der Waals surface area contributed by atoms with Crippen LogP contribution in [0.25, 0.3) is 0 Å². The molecule has 6 heteroatoms. The maximum absolute atomic E-state index is 10.8. The third-order valence-corrected chi connectivity index (χ3v) is 5.62. The second-order valence-corrected chi connectivity index (χ2v) is 8.19. The first kappa shape index (κ1) is 24.5. The van der Waals surface area contributed by atoms with Crippen LogP contribution in [0.2, 0.25) is 0 Å². The minimum absolute atomic E-state index is 0.0347. The first-order chi connectivity index (χ1) is 15.9. The molecule has 3 aromatic rings. The summed E-state index contributed by atoms with van der Waals surface area (Å²) in [4.78, 5) is 12.8. The third kappa shape index (κ3) is 7.71. The van der Waals surface area contributed by atoms with Crippen LogP contribution in [0.1, 0.15) is 35.8 Å². The zero-order chi connectivity index (χ0) is 23.6. The highest BCUT2D eigenvalue weighted by atomic mass is 16.5. The monoisotopic (exact) mass is 449 g/mol. The number of carbonyl (C=O) groups is 1. The van der Waals surface area contributed by atoms with Gasteiger partial charge in [0.25, 0.3) is 0 Å². The van der Waals surface area contributed by atoms with E-state index in [0.29, 0.717) is 25.3 Å². The molecule has 0 radical (unpaired) electrons. The second-order valence-electron chi connectivity index (χ2n) is 8.19. The lowest BCUT2D eigenvalue weighted by Gasteiger charge is -2.33. The van der Waals surface area contributed by atoms with Crippen molar-refractivity contribution in [2.45, 2.75) is 31.6 Å². The molecule has 0 saturated heterocycles. The van der Waals surface area contributed by atoms with Gasteiger partial charge in [-0.15, -0.1) is 0 Å². The van der Waals surface area contributed by atoms with E-state index in [2.05, 4.69) is 11.8 Å². The molecule has 3 rings (SSSR count). The fourth-order valence-corrected chi connectivity index (χ4v) is 3.78. The van der Waals surface area contributed by atoms with Gasteiger partial charge in [-0.1, -0.05) is 72.8 Å². The van der Waals surface area contributed by atoms with Crippen molar-refractivity contribution in [1.82, 2.24) is 4.90 Å². The van der Waals surface area contributed by atoms with Crippen LogP contribution in [-0.2, 0) is 11.2 Å². The van der Waals surface area contributed by atoms with E-state index in [-0.39, 0.29) is 12.6 Å². The van der Waals surface area contributed by atoms with E-state index in [4.69, 9.17) is 9.84 Å². The summed E-state index contributed by atoms with van der Waals surface area (Å²) in [5.74, 6) is -0.512. The number of carboxylic acids is 1. The lowest BCUT2D eigenvalue weighted by atomic mass is 10.0. The number of hydrogen-bond acceptors (Lipinski definition) is 5. The third-order valence-electron chi connectivity index (χ3n) is 5.62. The summed E-state index contributed by atoms with van der Waals surface area (Å²) in [6.45, 7) is 2.46. The van der Waals surface area contributed by atoms with Crippen LogP contribution < -0.4 is 4.74 Å². The summed E-state index contributed by atoms with van der Waals surface area (Å²) < 4.78 is 5.20. The average Bonchev–Trinajstić information content (AvgIpc) is 2.84. The maximum atomic E-state index is 10.8. The second kappa shape index (κ2) is 12.2. The predicted molar refractivity (Wildman–Crippen MR) is 127 cm³/mol. The molecule has 0 amide bonds. The quantitative estimate of drug-likeness (QED) is 0.389. The van der Waals surface area contributed by atoms with E-state index in [1.54, 1.807) is 12.1 Å². The zero-order valence-corrected chi connectivity index (χ0v) is 18.7. The molecule has 3 atom stereocenters. The number of hydrogen-bond donors (Lipinski definition) is 3. The molecular formula is C27H31NO5. The zero-order valence-electron chi connectivity index (χ0n) is 18.7. The molecule has 174 valence electrons. The van der Waals surface area contributed by atoms with Gasteiger partial charge in [0.2, 0.25) is 0 Å². The van der Waals surface area contributed by atoms with Gasteiger partial charge in [0.15, 0.2) is 6.61 Å². The minimum atomic E-state index is -1.02. The molecule has 0 saturated carbocycles. The van der Waals surface area contributed by atoms with Gasteiger partial charge >= 0.3 is 5.97 Å². The molecule has 0 aliphatic heterocycles. The molecule has 0 spiro atoms. The highest BCUT2D eigenvalue weighted by molar-refractivity contribution is 5.68. The molecule has 0 heterocycles. The Hall–Kier alpha value is -3.19. The predicted octanol–water partition coefficient (Wildman–Crippen LogP) is 3.85. The lowest BCUT2D eigenvalue weighted by Crippen LogP contribution is -2.40. The fourth-order valence-electron chi connectivity index (χ4n) is 3.78. The SMILES string of the molecule is CC(Cc1ccc(OCC(=O)O)cc1)N(CC(O)c1ccccc1)CC(O)c1ccccc1. The fraction of sp³-hybridized carbons (Fsp3) is 0.296. The molecule has 6 nitrogen and oxygen atoms in total. The summed E-state index contributed by atoms with van der Waals surface area (Å²) in [5, 5.41) is 30.4. The number of rotatable bonds is 12. The molecular weight excluding hydrogens is 418 g/mol. The van der Waals surface area contributed by atoms with Crippen molar-refractivity contribution in [3.63, 3.8) is 0 Å². The number of aliphatic carboxylic acids is 1. The van der Waals surface area contributed by atoms with E-state index in [0.717, 1.165) is 16.7 Å². The van der Waals surface area contributed by atoms with Crippen molar-refractivity contribution in [2.75, 3.05) is 19.7 Å². The van der Waals surface area contributed by atoms with Gasteiger partial charge < -0.3 is 20.1 Å². The molecule has 3 unspecified atom stereocenters. The molecule has 3 N–H and O–H groups in total. The number of carboxylic acid groups (broad SMARTS) is 1. The lowest BCUT2D eigenvalue weighted by molar-refractivity contribution is -0.139. The van der Waals surface area contributed by atoms with Crippen LogP contribution >= 0.6 is 0 Å². The van der Waals surface area contributed by atoms with Gasteiger partial charge in [0.05, 0.1) is 12.2 Å². The van der Waals surface area contributed by atoms with Gasteiger partial charge in [-0.25, -0.2) is 4.79 Å². The normalized spacial score (nSPS) is 13.9. The molecule has 0 aliphatic rings. The van der Waals surface area contributed by atoms with Gasteiger partial charge in [0.1, 0.15) is 5.75 Å². The Labute approximate surface area is 194 Å². The highest BCUT2D eigenvalue weighted by Gasteiger charge is 2.22. The average molecular weight is 450 g/mol. The number of nitrogens with zero attached hydrogens (tertiary/aromatic N) is 1. The minimum Gasteiger partial charge on any atom is -0.482 e. The van der Waals surface area contributed by atoms with Crippen LogP contribution in [0.3, 0.4) is 0 Å². The standard InChI is InChI=1S/C27H31NO5/c1-20(16-21-12-14-24(15-13-21)33-19-27(31)32)28(17-25(29)22-8-4-2-5-9-22)18-26(30)23-10-6-3-7-11-23/h2-15,20,25-26,29-30H,16-19H2,1H3,(H,31,32). The van der Waals surface area contributed by atoms with Crippen molar-refractivity contribution in [2.24, 2.45) is 0 Å². The number of aliphatic hydroxyl groups is 2. The first-order valence-corrected chi connectivity index (χ1v) is 11.1. The van der Waals surface area contributed by atoms with E-state index in [1.165, 1.54) is 0 Å². The summed E-state index contributed by atoms with van der Waals surface area (Å²) in [6, 6.07) is 26.4. The maximum Gasteiger partial charge on any atom is 0.341 e. The van der Waals surface area contributed by atoms with Gasteiger partial charge in [0, 0.05) is 19.1 Å². The molecule has 0 aromatic heterocycles. The summed E-state index contributed by atoms with van der Waals surface area (Å²) in [5.41, 5.74) is 2.73. The van der Waals surface area contributed by atoms with Crippen LogP contribution in [0.15, 0.2) is 84.9 Å². The van der Waals surface area contributed by atoms with Gasteiger partial charge in [-0.3, -0.25) is 4.90 Å². The van der Waals surface area contributed by atoms with Crippen molar-refractivity contribution < 1.29 is 24.9 Å². The van der Waals surface area contributed by atoms with Crippen LogP contribution in [0.5, 0.6) is 5.75 Å². The van der Waals surface area contributed by atoms with E-state index < -0.39 is 18.2 Å². The van der Waals surface area contributed by atoms with Crippen molar-refractivity contribution in [3.05, 3.63) is 102 Å². The van der Waals surface area contributed by atoms with Gasteiger partial charge in [-0.05, 0) is 42.2 Å². The van der Waals surface area contributed by atoms with Crippen molar-refractivity contribution >= 4 is 5.97 Å².